The maximum atomic E-state index is 6.33. The second-order valence-electron chi connectivity index (χ2n) is 9.69. The molecule has 2 heterocycles. The Hall–Kier alpha value is -2.97. The quantitative estimate of drug-likeness (QED) is 0.712. The lowest BCUT2D eigenvalue weighted by atomic mass is 9.63. The fraction of sp³-hybridized carbons (Fsp3) is 0.444. The van der Waals surface area contributed by atoms with Crippen molar-refractivity contribution in [3.63, 3.8) is 0 Å². The van der Waals surface area contributed by atoms with Crippen LogP contribution in [0.15, 0.2) is 46.6 Å². The van der Waals surface area contributed by atoms with Gasteiger partial charge in [0.1, 0.15) is 5.84 Å². The van der Waals surface area contributed by atoms with Gasteiger partial charge in [-0.25, -0.2) is 4.99 Å². The van der Waals surface area contributed by atoms with E-state index >= 15 is 0 Å². The van der Waals surface area contributed by atoms with Gasteiger partial charge in [0.25, 0.3) is 0 Å². The topological polar surface area (TPSA) is 72.9 Å². The van der Waals surface area contributed by atoms with Crippen molar-refractivity contribution in [1.29, 1.82) is 0 Å². The fourth-order valence-corrected chi connectivity index (χ4v) is 5.74. The van der Waals surface area contributed by atoms with Crippen molar-refractivity contribution in [2.45, 2.75) is 64.1 Å². The zero-order valence-electron chi connectivity index (χ0n) is 19.3. The monoisotopic (exact) mass is 426 g/mol. The highest BCUT2D eigenvalue weighted by Crippen LogP contribution is 2.63. The van der Waals surface area contributed by atoms with Crippen molar-refractivity contribution in [2.24, 2.45) is 21.1 Å². The van der Waals surface area contributed by atoms with E-state index in [4.69, 9.17) is 20.5 Å². The van der Waals surface area contributed by atoms with Gasteiger partial charge in [-0.3, -0.25) is 9.98 Å². The smallest absolute Gasteiger partial charge is 0.184 e. The zero-order valence-corrected chi connectivity index (χ0v) is 19.3. The molecule has 1 saturated carbocycles. The average molecular weight is 427 g/mol. The average Bonchev–Trinajstić information content (AvgIpc) is 3.24. The molecular weight excluding hydrogens is 396 g/mol. The summed E-state index contributed by atoms with van der Waals surface area (Å²) in [7, 11) is 1.82. The number of rotatable bonds is 2. The van der Waals surface area contributed by atoms with Gasteiger partial charge in [-0.1, -0.05) is 18.1 Å². The first-order valence-corrected chi connectivity index (χ1v) is 11.3. The number of nitrogens with two attached hydrogens (primary N) is 1. The summed E-state index contributed by atoms with van der Waals surface area (Å²) in [6, 6.07) is 8.78. The van der Waals surface area contributed by atoms with Crippen LogP contribution in [0.5, 0.6) is 0 Å². The van der Waals surface area contributed by atoms with E-state index in [0.29, 0.717) is 5.84 Å². The minimum atomic E-state index is -0.643. The Morgan fingerprint density at radius 2 is 1.81 bits per heavy atom. The molecule has 0 radical (unpaired) electrons. The van der Waals surface area contributed by atoms with Crippen molar-refractivity contribution < 1.29 is 4.74 Å². The van der Waals surface area contributed by atoms with Gasteiger partial charge in [0.05, 0.1) is 11.3 Å². The van der Waals surface area contributed by atoms with Crippen LogP contribution in [0.2, 0.25) is 0 Å². The number of pyridine rings is 1. The molecule has 0 bridgehead atoms. The van der Waals surface area contributed by atoms with Crippen molar-refractivity contribution in [3.05, 3.63) is 53.3 Å². The zero-order chi connectivity index (χ0) is 22.6. The van der Waals surface area contributed by atoms with Crippen molar-refractivity contribution in [2.75, 3.05) is 7.11 Å². The van der Waals surface area contributed by atoms with Gasteiger partial charge in [-0.2, -0.15) is 0 Å². The van der Waals surface area contributed by atoms with Crippen LogP contribution in [-0.2, 0) is 16.8 Å². The summed E-state index contributed by atoms with van der Waals surface area (Å²) < 4.78 is 5.85. The van der Waals surface area contributed by atoms with Crippen LogP contribution >= 0.6 is 0 Å². The predicted molar refractivity (Wildman–Crippen MR) is 129 cm³/mol. The van der Waals surface area contributed by atoms with Gasteiger partial charge in [0, 0.05) is 41.6 Å². The Balaban J connectivity index is 1.63. The normalized spacial score (nSPS) is 30.6. The van der Waals surface area contributed by atoms with Crippen LogP contribution in [0.1, 0.15) is 63.1 Å². The van der Waals surface area contributed by atoms with Crippen LogP contribution in [0.4, 0.5) is 0 Å². The minimum absolute atomic E-state index is 0.0673. The molecule has 2 aliphatic carbocycles. The Labute approximate surface area is 190 Å². The van der Waals surface area contributed by atoms with Gasteiger partial charge in [0.15, 0.2) is 5.66 Å². The number of methoxy groups -OCH3 is 1. The third kappa shape index (κ3) is 3.01. The van der Waals surface area contributed by atoms with E-state index in [1.165, 1.54) is 11.1 Å². The number of hydrogen-bond donors (Lipinski definition) is 1. The number of amidine groups is 1. The molecule has 0 saturated heterocycles. The molecule has 5 nitrogen and oxygen atoms in total. The number of hydrogen-bond acceptors (Lipinski definition) is 5. The van der Waals surface area contributed by atoms with Gasteiger partial charge < -0.3 is 10.5 Å². The summed E-state index contributed by atoms with van der Waals surface area (Å²) >= 11 is 0. The van der Waals surface area contributed by atoms with Gasteiger partial charge in [-0.05, 0) is 76.1 Å². The molecule has 5 rings (SSSR count). The molecule has 0 amide bonds. The number of aromatic nitrogens is 1. The number of aliphatic imine (C=N–C) groups is 2. The molecular formula is C27H30N4O. The van der Waals surface area contributed by atoms with Crippen molar-refractivity contribution in [3.8, 4) is 23.0 Å². The minimum Gasteiger partial charge on any atom is -0.382 e. The molecule has 164 valence electrons. The van der Waals surface area contributed by atoms with E-state index in [0.717, 1.165) is 54.5 Å². The highest BCUT2D eigenvalue weighted by molar-refractivity contribution is 6.41. The molecule has 1 aromatic carbocycles. The summed E-state index contributed by atoms with van der Waals surface area (Å²) in [5.41, 5.74) is 12.0. The first-order chi connectivity index (χ1) is 15.3. The highest BCUT2D eigenvalue weighted by atomic mass is 16.5. The van der Waals surface area contributed by atoms with Crippen LogP contribution in [0.25, 0.3) is 11.1 Å². The molecule has 0 unspecified atom stereocenters. The number of fused-ring (bicyclic) bond motifs is 3. The van der Waals surface area contributed by atoms with E-state index < -0.39 is 5.66 Å². The maximum absolute atomic E-state index is 6.33. The molecule has 1 fully saturated rings. The van der Waals surface area contributed by atoms with Crippen molar-refractivity contribution in [1.82, 2.24) is 4.98 Å². The van der Waals surface area contributed by atoms with E-state index in [9.17, 15) is 0 Å². The SMILES string of the molecule is CC#Cc1cncc(-c2ccc3c(c2)[C@@]2(N=C(C)C(N)=N2)C2(CCC(C)(OC)CC2)C3)c1. The summed E-state index contributed by atoms with van der Waals surface area (Å²) in [4.78, 5) is 14.7. The predicted octanol–water partition coefficient (Wildman–Crippen LogP) is 4.63. The van der Waals surface area contributed by atoms with Crippen LogP contribution in [0.3, 0.4) is 0 Å². The third-order valence-corrected chi connectivity index (χ3v) is 7.83. The maximum Gasteiger partial charge on any atom is 0.184 e. The largest absolute Gasteiger partial charge is 0.382 e. The molecule has 2 N–H and O–H groups in total. The third-order valence-electron chi connectivity index (χ3n) is 7.83. The molecule has 5 heteroatoms. The summed E-state index contributed by atoms with van der Waals surface area (Å²) in [5, 5.41) is 0. The molecule has 2 aromatic rings. The molecule has 3 aliphatic rings. The van der Waals surface area contributed by atoms with Crippen molar-refractivity contribution >= 4 is 11.5 Å². The lowest BCUT2D eigenvalue weighted by molar-refractivity contribution is -0.0679. The summed E-state index contributed by atoms with van der Waals surface area (Å²) in [6.07, 6.45) is 8.68. The summed E-state index contributed by atoms with van der Waals surface area (Å²) in [5.74, 6) is 6.62. The Kier molecular flexibility index (Phi) is 4.76. The number of benzene rings is 1. The molecule has 1 atom stereocenters. The Morgan fingerprint density at radius 1 is 1.03 bits per heavy atom. The number of nitrogens with zero attached hydrogens (tertiary/aromatic N) is 3. The van der Waals surface area contributed by atoms with E-state index in [1.807, 2.05) is 27.2 Å². The van der Waals surface area contributed by atoms with E-state index in [1.54, 1.807) is 6.20 Å². The lowest BCUT2D eigenvalue weighted by Gasteiger charge is -2.47. The van der Waals surface area contributed by atoms with Gasteiger partial charge >= 0.3 is 0 Å². The number of ether oxygens (including phenoxy) is 1. The van der Waals surface area contributed by atoms with E-state index in [-0.39, 0.29) is 11.0 Å². The molecule has 32 heavy (non-hydrogen) atoms. The summed E-state index contributed by atoms with van der Waals surface area (Å²) in [6.45, 7) is 6.03. The Bertz CT molecular complexity index is 1190. The van der Waals surface area contributed by atoms with Crippen LogP contribution in [0, 0.1) is 17.3 Å². The first kappa shape index (κ1) is 20.9. The highest BCUT2D eigenvalue weighted by Gasteiger charge is 2.61. The van der Waals surface area contributed by atoms with Gasteiger partial charge in [0.2, 0.25) is 0 Å². The second kappa shape index (κ2) is 7.28. The van der Waals surface area contributed by atoms with Crippen LogP contribution in [-0.4, -0.2) is 29.2 Å². The molecule has 2 spiro atoms. The van der Waals surface area contributed by atoms with E-state index in [2.05, 4.69) is 48.0 Å². The molecule has 1 aliphatic heterocycles. The first-order valence-electron chi connectivity index (χ1n) is 11.3. The molecule has 1 aromatic heterocycles. The fourth-order valence-electron chi connectivity index (χ4n) is 5.74. The standard InChI is InChI=1S/C27H30N4O/c1-5-6-19-13-22(17-29-16-19)20-7-8-21-15-26(11-9-25(3,32-4)10-12-26)27(23(21)14-20)30-18(2)24(28)31-27/h7-8,13-14,16-17H,9-12,15H2,1-4H3,(H2,28,31)/t25?,26?,27-/m0/s1. The lowest BCUT2D eigenvalue weighted by Crippen LogP contribution is -2.46. The Morgan fingerprint density at radius 3 is 2.47 bits per heavy atom. The second-order valence-corrected chi connectivity index (χ2v) is 9.69. The van der Waals surface area contributed by atoms with Crippen LogP contribution < -0.4 is 5.73 Å². The van der Waals surface area contributed by atoms with Gasteiger partial charge in [-0.15, -0.1) is 5.92 Å².